The summed E-state index contributed by atoms with van der Waals surface area (Å²) in [5.74, 6) is 0.958. The topological polar surface area (TPSA) is 38.5 Å². The first-order valence-corrected chi connectivity index (χ1v) is 10.9. The van der Waals surface area contributed by atoms with Crippen molar-refractivity contribution in [1.82, 2.24) is 0 Å². The van der Waals surface area contributed by atoms with Gasteiger partial charge in [-0.25, -0.2) is 0 Å². The Hall–Kier alpha value is -2.16. The van der Waals surface area contributed by atoms with E-state index >= 15 is 0 Å². The average molecular weight is 383 g/mol. The monoisotopic (exact) mass is 382 g/mol. The van der Waals surface area contributed by atoms with Gasteiger partial charge in [0, 0.05) is 24.5 Å². The molecular formula is C25H38N2O. The number of anilines is 2. The number of hydrogen-bond acceptors (Lipinski definition) is 3. The quantitative estimate of drug-likeness (QED) is 0.589. The lowest BCUT2D eigenvalue weighted by molar-refractivity contribution is 0.340. The van der Waals surface area contributed by atoms with Crippen LogP contribution in [0.2, 0.25) is 0 Å². The summed E-state index contributed by atoms with van der Waals surface area (Å²) in [6, 6.07) is 10.7. The molecule has 0 atom stereocenters. The van der Waals surface area contributed by atoms with Crippen LogP contribution in [0.3, 0.4) is 0 Å². The number of aryl methyl sites for hydroxylation is 2. The molecule has 0 bridgehead atoms. The van der Waals surface area contributed by atoms with Gasteiger partial charge < -0.3 is 15.4 Å². The Kier molecular flexibility index (Phi) is 8.69. The fraction of sp³-hybridized carbons (Fsp3) is 0.520. The molecule has 0 saturated carbocycles. The number of hydrogen-bond donors (Lipinski definition) is 1. The molecule has 0 unspecified atom stereocenters. The standard InChI is InChI=1S/C14H23NO.C11H15N/c1-4-11-15(12-5-2)13-7-9-14(10-8-13)16-6-3;1-7-6-9-4-3-5-10(9)11(12)8(7)2/h7-10H,4-6,11-12H2,1-3H3;6H,3-5,12H2,1-2H3. The molecule has 0 spiro atoms. The first-order valence-electron chi connectivity index (χ1n) is 10.9. The summed E-state index contributed by atoms with van der Waals surface area (Å²) < 4.78 is 5.44. The van der Waals surface area contributed by atoms with Crippen LogP contribution in [0.4, 0.5) is 11.4 Å². The van der Waals surface area contributed by atoms with Crippen LogP contribution in [-0.4, -0.2) is 19.7 Å². The fourth-order valence-corrected chi connectivity index (χ4v) is 3.87. The van der Waals surface area contributed by atoms with Crippen molar-refractivity contribution in [3.63, 3.8) is 0 Å². The van der Waals surface area contributed by atoms with Crippen molar-refractivity contribution in [1.29, 1.82) is 0 Å². The van der Waals surface area contributed by atoms with Crippen LogP contribution in [0.15, 0.2) is 30.3 Å². The van der Waals surface area contributed by atoms with E-state index in [0.717, 1.165) is 31.1 Å². The number of nitrogen functional groups attached to an aromatic ring is 1. The van der Waals surface area contributed by atoms with Gasteiger partial charge in [0.25, 0.3) is 0 Å². The second kappa shape index (κ2) is 11.0. The van der Waals surface area contributed by atoms with Crippen molar-refractivity contribution in [2.75, 3.05) is 30.3 Å². The molecular weight excluding hydrogens is 344 g/mol. The molecule has 3 heteroatoms. The molecule has 2 aromatic rings. The van der Waals surface area contributed by atoms with Crippen LogP contribution in [-0.2, 0) is 12.8 Å². The van der Waals surface area contributed by atoms with Gasteiger partial charge in [0.15, 0.2) is 0 Å². The highest BCUT2D eigenvalue weighted by atomic mass is 16.5. The smallest absolute Gasteiger partial charge is 0.119 e. The van der Waals surface area contributed by atoms with E-state index in [9.17, 15) is 0 Å². The van der Waals surface area contributed by atoms with E-state index in [-0.39, 0.29) is 0 Å². The average Bonchev–Trinajstić information content (AvgIpc) is 3.16. The van der Waals surface area contributed by atoms with Crippen LogP contribution >= 0.6 is 0 Å². The van der Waals surface area contributed by atoms with Crippen LogP contribution < -0.4 is 15.4 Å². The van der Waals surface area contributed by atoms with Crippen molar-refractivity contribution >= 4 is 11.4 Å². The van der Waals surface area contributed by atoms with Gasteiger partial charge in [-0.15, -0.1) is 0 Å². The maximum atomic E-state index is 6.03. The Morgan fingerprint density at radius 1 is 0.964 bits per heavy atom. The molecule has 1 aliphatic carbocycles. The Morgan fingerprint density at radius 2 is 1.61 bits per heavy atom. The van der Waals surface area contributed by atoms with E-state index in [2.05, 4.69) is 62.9 Å². The maximum Gasteiger partial charge on any atom is 0.119 e. The van der Waals surface area contributed by atoms with Gasteiger partial charge in [0.05, 0.1) is 6.61 Å². The van der Waals surface area contributed by atoms with Crippen molar-refractivity contribution < 1.29 is 4.74 Å². The third kappa shape index (κ3) is 5.67. The highest BCUT2D eigenvalue weighted by Crippen LogP contribution is 2.31. The van der Waals surface area contributed by atoms with E-state index in [1.807, 2.05) is 6.92 Å². The van der Waals surface area contributed by atoms with Crippen LogP contribution in [0, 0.1) is 13.8 Å². The second-order valence-electron chi connectivity index (χ2n) is 7.64. The zero-order valence-corrected chi connectivity index (χ0v) is 18.5. The lowest BCUT2D eigenvalue weighted by Crippen LogP contribution is -2.24. The van der Waals surface area contributed by atoms with Gasteiger partial charge in [0.2, 0.25) is 0 Å². The largest absolute Gasteiger partial charge is 0.494 e. The third-order valence-corrected chi connectivity index (χ3v) is 5.47. The Bertz CT molecular complexity index is 731. The van der Waals surface area contributed by atoms with Gasteiger partial charge >= 0.3 is 0 Å². The summed E-state index contributed by atoms with van der Waals surface area (Å²) in [6.07, 6.45) is 6.06. The van der Waals surface area contributed by atoms with E-state index in [4.69, 9.17) is 10.5 Å². The molecule has 0 amide bonds. The van der Waals surface area contributed by atoms with Crippen LogP contribution in [0.25, 0.3) is 0 Å². The SMILES string of the molecule is CCCN(CCC)c1ccc(OCC)cc1.Cc1cc2c(c(N)c1C)CCC2. The number of ether oxygens (including phenoxy) is 1. The predicted octanol–water partition coefficient (Wildman–Crippen LogP) is 6.09. The molecule has 0 saturated heterocycles. The van der Waals surface area contributed by atoms with Crippen molar-refractivity contribution in [3.05, 3.63) is 52.6 Å². The minimum Gasteiger partial charge on any atom is -0.494 e. The van der Waals surface area contributed by atoms with Gasteiger partial charge in [-0.3, -0.25) is 0 Å². The molecule has 154 valence electrons. The molecule has 0 fully saturated rings. The van der Waals surface area contributed by atoms with Crippen molar-refractivity contribution in [2.45, 2.75) is 66.7 Å². The van der Waals surface area contributed by atoms with Crippen molar-refractivity contribution in [2.24, 2.45) is 0 Å². The molecule has 0 radical (unpaired) electrons. The highest BCUT2D eigenvalue weighted by Gasteiger charge is 2.15. The summed E-state index contributed by atoms with van der Waals surface area (Å²) >= 11 is 0. The zero-order valence-electron chi connectivity index (χ0n) is 18.5. The molecule has 2 N–H and O–H groups in total. The van der Waals surface area contributed by atoms with Gasteiger partial charge in [0.1, 0.15) is 5.75 Å². The zero-order chi connectivity index (χ0) is 20.5. The van der Waals surface area contributed by atoms with E-state index in [1.54, 1.807) is 0 Å². The molecule has 0 heterocycles. The first-order chi connectivity index (χ1) is 13.5. The van der Waals surface area contributed by atoms with E-state index < -0.39 is 0 Å². The molecule has 3 nitrogen and oxygen atoms in total. The maximum absolute atomic E-state index is 6.03. The van der Waals surface area contributed by atoms with Gasteiger partial charge in [-0.1, -0.05) is 19.9 Å². The molecule has 2 aromatic carbocycles. The number of nitrogens with zero attached hydrogens (tertiary/aromatic N) is 1. The Balaban J connectivity index is 0.000000207. The molecule has 0 aromatic heterocycles. The van der Waals surface area contributed by atoms with Crippen LogP contribution in [0.1, 0.15) is 62.3 Å². The minimum absolute atomic E-state index is 0.729. The predicted molar refractivity (Wildman–Crippen MR) is 123 cm³/mol. The normalized spacial score (nSPS) is 12.2. The number of nitrogens with two attached hydrogens (primary N) is 1. The Labute approximate surface area is 171 Å². The summed E-state index contributed by atoms with van der Waals surface area (Å²) in [6.45, 7) is 13.7. The molecule has 0 aliphatic heterocycles. The van der Waals surface area contributed by atoms with Crippen molar-refractivity contribution in [3.8, 4) is 5.75 Å². The van der Waals surface area contributed by atoms with Gasteiger partial charge in [-0.05, 0) is 99.4 Å². The summed E-state index contributed by atoms with van der Waals surface area (Å²) in [5, 5.41) is 0. The van der Waals surface area contributed by atoms with E-state index in [1.165, 1.54) is 60.0 Å². The number of fused-ring (bicyclic) bond motifs is 1. The lowest BCUT2D eigenvalue weighted by atomic mass is 9.99. The van der Waals surface area contributed by atoms with Crippen LogP contribution in [0.5, 0.6) is 5.75 Å². The second-order valence-corrected chi connectivity index (χ2v) is 7.64. The van der Waals surface area contributed by atoms with E-state index in [0.29, 0.717) is 0 Å². The summed E-state index contributed by atoms with van der Waals surface area (Å²) in [7, 11) is 0. The molecule has 3 rings (SSSR count). The number of benzene rings is 2. The minimum atomic E-state index is 0.729. The highest BCUT2D eigenvalue weighted by molar-refractivity contribution is 5.61. The fourth-order valence-electron chi connectivity index (χ4n) is 3.87. The van der Waals surface area contributed by atoms with Gasteiger partial charge in [-0.2, -0.15) is 0 Å². The summed E-state index contributed by atoms with van der Waals surface area (Å²) in [4.78, 5) is 2.43. The lowest BCUT2D eigenvalue weighted by Gasteiger charge is -2.23. The number of rotatable bonds is 7. The third-order valence-electron chi connectivity index (χ3n) is 5.47. The summed E-state index contributed by atoms with van der Waals surface area (Å²) in [5.41, 5.74) is 13.9. The molecule has 28 heavy (non-hydrogen) atoms. The molecule has 1 aliphatic rings. The first kappa shape index (κ1) is 22.1. The Morgan fingerprint density at radius 3 is 2.18 bits per heavy atom.